The van der Waals surface area contributed by atoms with Crippen molar-refractivity contribution in [3.63, 3.8) is 0 Å². The Balaban J connectivity index is 1.79. The van der Waals surface area contributed by atoms with Gasteiger partial charge in [0, 0.05) is 11.8 Å². The predicted molar refractivity (Wildman–Crippen MR) is 84.8 cm³/mol. The molecule has 0 saturated carbocycles. The van der Waals surface area contributed by atoms with Gasteiger partial charge in [0.05, 0.1) is 17.8 Å². The van der Waals surface area contributed by atoms with Crippen molar-refractivity contribution in [3.8, 4) is 11.3 Å². The molecule has 10 heteroatoms. The quantitative estimate of drug-likeness (QED) is 0.743. The molecule has 0 spiro atoms. The van der Waals surface area contributed by atoms with Gasteiger partial charge in [-0.1, -0.05) is 30.3 Å². The Morgan fingerprint density at radius 3 is 2.58 bits per heavy atom. The van der Waals surface area contributed by atoms with E-state index in [9.17, 15) is 18.0 Å². The van der Waals surface area contributed by atoms with E-state index < -0.39 is 17.9 Å². The second kappa shape index (κ2) is 6.90. The molecule has 3 aromatic rings. The van der Waals surface area contributed by atoms with E-state index in [2.05, 4.69) is 30.5 Å². The first kappa shape index (κ1) is 17.5. The molecule has 1 amide bonds. The minimum Gasteiger partial charge on any atom is -0.345 e. The van der Waals surface area contributed by atoms with Gasteiger partial charge in [-0.3, -0.25) is 9.89 Å². The molecule has 7 nitrogen and oxygen atoms in total. The lowest BCUT2D eigenvalue weighted by atomic mass is 10.1. The van der Waals surface area contributed by atoms with Crippen LogP contribution >= 0.6 is 0 Å². The molecule has 2 N–H and O–H groups in total. The van der Waals surface area contributed by atoms with Crippen molar-refractivity contribution in [1.82, 2.24) is 30.5 Å². The van der Waals surface area contributed by atoms with Crippen molar-refractivity contribution in [2.45, 2.75) is 19.6 Å². The van der Waals surface area contributed by atoms with Crippen LogP contribution in [0, 0.1) is 6.92 Å². The number of alkyl halides is 3. The third-order valence-electron chi connectivity index (χ3n) is 3.40. The second-order valence-electron chi connectivity index (χ2n) is 5.33. The molecule has 0 aliphatic carbocycles. The van der Waals surface area contributed by atoms with Crippen LogP contribution in [-0.2, 0) is 12.7 Å². The summed E-state index contributed by atoms with van der Waals surface area (Å²) < 4.78 is 37.5. The van der Waals surface area contributed by atoms with E-state index in [-0.39, 0.29) is 17.9 Å². The van der Waals surface area contributed by atoms with Crippen molar-refractivity contribution in [2.75, 3.05) is 0 Å². The number of nitrogens with one attached hydrogen (secondary N) is 2. The molecule has 0 aliphatic heterocycles. The zero-order chi connectivity index (χ0) is 18.7. The minimum absolute atomic E-state index is 0.111. The van der Waals surface area contributed by atoms with Crippen LogP contribution in [0.3, 0.4) is 0 Å². The lowest BCUT2D eigenvalue weighted by molar-refractivity contribution is -0.144. The number of aryl methyl sites for hydroxylation is 1. The van der Waals surface area contributed by atoms with Gasteiger partial charge < -0.3 is 5.32 Å². The smallest absolute Gasteiger partial charge is 0.345 e. The number of amides is 1. The van der Waals surface area contributed by atoms with Crippen molar-refractivity contribution in [3.05, 3.63) is 59.6 Å². The largest absolute Gasteiger partial charge is 0.453 e. The third kappa shape index (κ3) is 3.85. The monoisotopic (exact) mass is 362 g/mol. The van der Waals surface area contributed by atoms with E-state index in [1.807, 2.05) is 18.2 Å². The highest BCUT2D eigenvalue weighted by molar-refractivity contribution is 5.99. The standard InChI is InChI=1S/C16H13F3N6O/c1-9-20-7-11(13(22-9)10-5-3-2-4-6-10)14(26)21-8-12-23-15(25-24-12)16(17,18)19/h2-7H,8H2,1H3,(H,21,26)(H,23,24,25). The lowest BCUT2D eigenvalue weighted by Gasteiger charge is -2.09. The number of aromatic nitrogens is 5. The van der Waals surface area contributed by atoms with E-state index in [0.29, 0.717) is 11.5 Å². The molecular formula is C16H13F3N6O. The van der Waals surface area contributed by atoms with E-state index in [1.165, 1.54) is 6.20 Å². The zero-order valence-electron chi connectivity index (χ0n) is 13.5. The maximum atomic E-state index is 12.5. The van der Waals surface area contributed by atoms with Crippen LogP contribution in [0.5, 0.6) is 0 Å². The number of benzene rings is 1. The van der Waals surface area contributed by atoms with Crippen LogP contribution in [0.2, 0.25) is 0 Å². The molecule has 26 heavy (non-hydrogen) atoms. The lowest BCUT2D eigenvalue weighted by Crippen LogP contribution is -2.25. The molecule has 2 aromatic heterocycles. The Labute approximate surface area is 145 Å². The fourth-order valence-corrected chi connectivity index (χ4v) is 2.21. The summed E-state index contributed by atoms with van der Waals surface area (Å²) in [5.41, 5.74) is 1.36. The van der Waals surface area contributed by atoms with Gasteiger partial charge in [-0.05, 0) is 6.92 Å². The van der Waals surface area contributed by atoms with E-state index in [4.69, 9.17) is 0 Å². The minimum atomic E-state index is -4.65. The Hall–Kier alpha value is -3.30. The normalized spacial score (nSPS) is 11.4. The second-order valence-corrected chi connectivity index (χ2v) is 5.33. The average Bonchev–Trinajstić information content (AvgIpc) is 3.10. The van der Waals surface area contributed by atoms with Gasteiger partial charge in [0.2, 0.25) is 0 Å². The average molecular weight is 362 g/mol. The van der Waals surface area contributed by atoms with Crippen LogP contribution in [-0.4, -0.2) is 31.1 Å². The maximum Gasteiger partial charge on any atom is 0.453 e. The zero-order valence-corrected chi connectivity index (χ0v) is 13.5. The Bertz CT molecular complexity index is 923. The molecule has 0 fully saturated rings. The topological polar surface area (TPSA) is 96.5 Å². The summed E-state index contributed by atoms with van der Waals surface area (Å²) in [6, 6.07) is 9.04. The number of hydrogen-bond donors (Lipinski definition) is 2. The first-order valence-corrected chi connectivity index (χ1v) is 7.50. The van der Waals surface area contributed by atoms with Crippen LogP contribution in [0.4, 0.5) is 13.2 Å². The summed E-state index contributed by atoms with van der Waals surface area (Å²) in [5.74, 6) is -1.44. The molecule has 2 heterocycles. The maximum absolute atomic E-state index is 12.5. The fourth-order valence-electron chi connectivity index (χ4n) is 2.21. The van der Waals surface area contributed by atoms with Crippen molar-refractivity contribution in [1.29, 1.82) is 0 Å². The van der Waals surface area contributed by atoms with Crippen LogP contribution in [0.1, 0.15) is 27.8 Å². The highest BCUT2D eigenvalue weighted by Gasteiger charge is 2.36. The van der Waals surface area contributed by atoms with E-state index in [0.717, 1.165) is 5.56 Å². The number of halogens is 3. The van der Waals surface area contributed by atoms with Crippen LogP contribution in [0.15, 0.2) is 36.5 Å². The van der Waals surface area contributed by atoms with Gasteiger partial charge in [-0.15, -0.1) is 5.10 Å². The summed E-state index contributed by atoms with van der Waals surface area (Å²) in [4.78, 5) is 24.1. The van der Waals surface area contributed by atoms with Gasteiger partial charge >= 0.3 is 6.18 Å². The molecule has 0 atom stereocenters. The summed E-state index contributed by atoms with van der Waals surface area (Å²) in [6.07, 6.45) is -3.27. The van der Waals surface area contributed by atoms with Crippen molar-refractivity contribution >= 4 is 5.91 Å². The van der Waals surface area contributed by atoms with Crippen molar-refractivity contribution in [2.24, 2.45) is 0 Å². The van der Waals surface area contributed by atoms with Crippen LogP contribution < -0.4 is 5.32 Å². The molecule has 0 unspecified atom stereocenters. The Morgan fingerprint density at radius 2 is 1.92 bits per heavy atom. The summed E-state index contributed by atoms with van der Waals surface area (Å²) in [6.45, 7) is 1.45. The van der Waals surface area contributed by atoms with Crippen molar-refractivity contribution < 1.29 is 18.0 Å². The Kier molecular flexibility index (Phi) is 4.65. The first-order chi connectivity index (χ1) is 12.3. The third-order valence-corrected chi connectivity index (χ3v) is 3.40. The highest BCUT2D eigenvalue weighted by atomic mass is 19.4. The Morgan fingerprint density at radius 1 is 1.19 bits per heavy atom. The van der Waals surface area contributed by atoms with E-state index in [1.54, 1.807) is 19.1 Å². The molecule has 0 bridgehead atoms. The number of carbonyl (C=O) groups is 1. The number of rotatable bonds is 4. The summed E-state index contributed by atoms with van der Waals surface area (Å²) >= 11 is 0. The molecule has 0 saturated heterocycles. The fraction of sp³-hybridized carbons (Fsp3) is 0.188. The molecule has 134 valence electrons. The van der Waals surface area contributed by atoms with Gasteiger partial charge in [-0.2, -0.15) is 13.2 Å². The van der Waals surface area contributed by atoms with Gasteiger partial charge in [0.1, 0.15) is 11.6 Å². The molecule has 0 aliphatic rings. The van der Waals surface area contributed by atoms with Gasteiger partial charge in [0.15, 0.2) is 0 Å². The first-order valence-electron chi connectivity index (χ1n) is 7.50. The van der Waals surface area contributed by atoms with E-state index >= 15 is 0 Å². The molecular weight excluding hydrogens is 349 g/mol. The molecule has 3 rings (SSSR count). The number of carbonyl (C=O) groups excluding carboxylic acids is 1. The van der Waals surface area contributed by atoms with Crippen LogP contribution in [0.25, 0.3) is 11.3 Å². The number of nitrogens with zero attached hydrogens (tertiary/aromatic N) is 4. The van der Waals surface area contributed by atoms with Gasteiger partial charge in [-0.25, -0.2) is 15.0 Å². The van der Waals surface area contributed by atoms with Gasteiger partial charge in [0.25, 0.3) is 11.7 Å². The summed E-state index contributed by atoms with van der Waals surface area (Å²) in [5, 5.41) is 7.71. The number of H-pyrrole nitrogens is 1. The number of hydrogen-bond acceptors (Lipinski definition) is 5. The molecule has 0 radical (unpaired) electrons. The molecule has 1 aromatic carbocycles. The highest BCUT2D eigenvalue weighted by Crippen LogP contribution is 2.25. The summed E-state index contributed by atoms with van der Waals surface area (Å²) in [7, 11) is 0. The predicted octanol–water partition coefficient (Wildman–Crippen LogP) is 2.52. The number of aromatic amines is 1. The SMILES string of the molecule is Cc1ncc(C(=O)NCc2nc(C(F)(F)F)n[nH]2)c(-c2ccccc2)n1.